The molecule has 1 aliphatic rings. The van der Waals surface area contributed by atoms with E-state index < -0.39 is 0 Å². The summed E-state index contributed by atoms with van der Waals surface area (Å²) in [7, 11) is 0. The first kappa shape index (κ1) is 13.4. The highest BCUT2D eigenvalue weighted by molar-refractivity contribution is 6.05. The van der Waals surface area contributed by atoms with Crippen LogP contribution in [0.3, 0.4) is 0 Å². The van der Waals surface area contributed by atoms with E-state index in [4.69, 9.17) is 4.74 Å². The van der Waals surface area contributed by atoms with E-state index in [0.29, 0.717) is 30.3 Å². The van der Waals surface area contributed by atoms with Crippen LogP contribution in [0.25, 0.3) is 0 Å². The first-order valence-electron chi connectivity index (χ1n) is 6.78. The van der Waals surface area contributed by atoms with E-state index in [1.54, 1.807) is 11.0 Å². The van der Waals surface area contributed by atoms with Crippen LogP contribution in [0, 0.1) is 5.82 Å². The molecule has 5 heteroatoms. The molecule has 4 nitrogen and oxygen atoms in total. The first-order valence-corrected chi connectivity index (χ1v) is 6.78. The first-order chi connectivity index (χ1) is 10.2. The Morgan fingerprint density at radius 1 is 1.29 bits per heavy atom. The fraction of sp³-hybridized carbons (Fsp3) is 0.188. The van der Waals surface area contributed by atoms with Crippen LogP contribution in [0.2, 0.25) is 0 Å². The van der Waals surface area contributed by atoms with Gasteiger partial charge in [0.25, 0.3) is 0 Å². The Hall–Kier alpha value is -2.56. The Bertz CT molecular complexity index is 688. The third-order valence-electron chi connectivity index (χ3n) is 3.34. The molecular weight excluding hydrogens is 271 g/mol. The van der Waals surface area contributed by atoms with Gasteiger partial charge in [-0.15, -0.1) is 0 Å². The maximum atomic E-state index is 13.4. The second-order valence-corrected chi connectivity index (χ2v) is 4.72. The average molecular weight is 286 g/mol. The molecule has 0 fully saturated rings. The Morgan fingerprint density at radius 3 is 2.90 bits per heavy atom. The van der Waals surface area contributed by atoms with E-state index in [9.17, 15) is 9.18 Å². The number of urea groups is 1. The molecule has 0 aliphatic carbocycles. The Labute approximate surface area is 122 Å². The molecular formula is C16H15FN2O2. The molecule has 3 rings (SSSR count). The second kappa shape index (κ2) is 5.44. The number of amides is 2. The molecule has 2 aromatic carbocycles. The molecule has 21 heavy (non-hydrogen) atoms. The third-order valence-corrected chi connectivity index (χ3v) is 3.34. The van der Waals surface area contributed by atoms with Gasteiger partial charge in [-0.05, 0) is 42.8 Å². The summed E-state index contributed by atoms with van der Waals surface area (Å²) < 4.78 is 18.9. The lowest BCUT2D eigenvalue weighted by Crippen LogP contribution is -2.39. The smallest absolute Gasteiger partial charge is 0.326 e. The van der Waals surface area contributed by atoms with Gasteiger partial charge in [0.1, 0.15) is 11.6 Å². The highest BCUT2D eigenvalue weighted by Gasteiger charge is 2.26. The number of carbonyl (C=O) groups is 1. The molecule has 0 unspecified atom stereocenters. The Morgan fingerprint density at radius 2 is 2.10 bits per heavy atom. The largest absolute Gasteiger partial charge is 0.492 e. The summed E-state index contributed by atoms with van der Waals surface area (Å²) >= 11 is 0. The van der Waals surface area contributed by atoms with Gasteiger partial charge in [0.2, 0.25) is 0 Å². The van der Waals surface area contributed by atoms with Gasteiger partial charge in [-0.2, -0.15) is 0 Å². The molecule has 2 aromatic rings. The number of nitrogens with zero attached hydrogens (tertiary/aromatic N) is 1. The maximum absolute atomic E-state index is 13.4. The fourth-order valence-electron chi connectivity index (χ4n) is 2.39. The van der Waals surface area contributed by atoms with Gasteiger partial charge < -0.3 is 10.1 Å². The minimum atomic E-state index is -0.317. The van der Waals surface area contributed by atoms with Crippen molar-refractivity contribution in [2.75, 3.05) is 16.8 Å². The predicted octanol–water partition coefficient (Wildman–Crippen LogP) is 3.78. The quantitative estimate of drug-likeness (QED) is 0.933. The van der Waals surface area contributed by atoms with E-state index >= 15 is 0 Å². The van der Waals surface area contributed by atoms with E-state index in [2.05, 4.69) is 5.32 Å². The number of ether oxygens (including phenoxy) is 1. The van der Waals surface area contributed by atoms with Crippen LogP contribution >= 0.6 is 0 Å². The standard InChI is InChI=1S/C16H15FN2O2/c1-2-21-15-6-4-3-5-14(15)19-10-11-9-12(17)7-8-13(11)18-16(19)20/h3-9H,2,10H2,1H3,(H,18,20). The molecule has 0 saturated heterocycles. The minimum absolute atomic E-state index is 0.249. The number of para-hydroxylation sites is 2. The van der Waals surface area contributed by atoms with Gasteiger partial charge in [0.05, 0.1) is 18.8 Å². The van der Waals surface area contributed by atoms with Crippen LogP contribution in [-0.2, 0) is 6.54 Å². The van der Waals surface area contributed by atoms with Gasteiger partial charge in [0.15, 0.2) is 0 Å². The number of rotatable bonds is 3. The molecule has 1 N–H and O–H groups in total. The number of anilines is 2. The van der Waals surface area contributed by atoms with Gasteiger partial charge in [-0.25, -0.2) is 9.18 Å². The van der Waals surface area contributed by atoms with Crippen LogP contribution in [0.5, 0.6) is 5.75 Å². The van der Waals surface area contributed by atoms with Gasteiger partial charge in [-0.3, -0.25) is 4.90 Å². The van der Waals surface area contributed by atoms with Crippen molar-refractivity contribution in [2.45, 2.75) is 13.5 Å². The highest BCUT2D eigenvalue weighted by Crippen LogP contribution is 2.33. The molecule has 0 radical (unpaired) electrons. The lowest BCUT2D eigenvalue weighted by Gasteiger charge is -2.30. The summed E-state index contributed by atoms with van der Waals surface area (Å²) in [4.78, 5) is 13.8. The van der Waals surface area contributed by atoms with Crippen molar-refractivity contribution in [3.05, 3.63) is 53.8 Å². The van der Waals surface area contributed by atoms with Crippen molar-refractivity contribution in [2.24, 2.45) is 0 Å². The van der Waals surface area contributed by atoms with Crippen molar-refractivity contribution < 1.29 is 13.9 Å². The van der Waals surface area contributed by atoms with E-state index in [0.717, 1.165) is 5.56 Å². The highest BCUT2D eigenvalue weighted by atomic mass is 19.1. The van der Waals surface area contributed by atoms with E-state index in [-0.39, 0.29) is 11.8 Å². The molecule has 0 saturated carbocycles. The van der Waals surface area contributed by atoms with Crippen molar-refractivity contribution in [1.82, 2.24) is 0 Å². The molecule has 1 aliphatic heterocycles. The summed E-state index contributed by atoms with van der Waals surface area (Å²) in [5.41, 5.74) is 2.05. The van der Waals surface area contributed by atoms with Gasteiger partial charge in [0, 0.05) is 5.69 Å². The zero-order valence-corrected chi connectivity index (χ0v) is 11.6. The van der Waals surface area contributed by atoms with Crippen LogP contribution in [0.4, 0.5) is 20.6 Å². The van der Waals surface area contributed by atoms with Crippen LogP contribution in [0.1, 0.15) is 12.5 Å². The predicted molar refractivity (Wildman–Crippen MR) is 79.2 cm³/mol. The zero-order valence-electron chi connectivity index (χ0n) is 11.6. The SMILES string of the molecule is CCOc1ccccc1N1Cc2cc(F)ccc2NC1=O. The number of hydrogen-bond acceptors (Lipinski definition) is 2. The zero-order chi connectivity index (χ0) is 14.8. The van der Waals surface area contributed by atoms with Crippen molar-refractivity contribution >= 4 is 17.4 Å². The lowest BCUT2D eigenvalue weighted by molar-refractivity contribution is 0.255. The molecule has 0 atom stereocenters. The number of benzene rings is 2. The number of nitrogens with one attached hydrogen (secondary N) is 1. The van der Waals surface area contributed by atoms with Crippen molar-refractivity contribution in [1.29, 1.82) is 0 Å². The van der Waals surface area contributed by atoms with Crippen LogP contribution in [0.15, 0.2) is 42.5 Å². The fourth-order valence-corrected chi connectivity index (χ4v) is 2.39. The average Bonchev–Trinajstić information content (AvgIpc) is 2.48. The van der Waals surface area contributed by atoms with Gasteiger partial charge >= 0.3 is 6.03 Å². The number of fused-ring (bicyclic) bond motifs is 1. The normalized spacial score (nSPS) is 13.6. The number of hydrogen-bond donors (Lipinski definition) is 1. The van der Waals surface area contributed by atoms with E-state index in [1.807, 2.05) is 31.2 Å². The summed E-state index contributed by atoms with van der Waals surface area (Å²) in [5, 5.41) is 2.77. The topological polar surface area (TPSA) is 41.6 Å². The second-order valence-electron chi connectivity index (χ2n) is 4.72. The Kier molecular flexibility index (Phi) is 3.48. The molecule has 1 heterocycles. The van der Waals surface area contributed by atoms with Gasteiger partial charge in [-0.1, -0.05) is 12.1 Å². The Balaban J connectivity index is 1.98. The molecule has 0 aromatic heterocycles. The third kappa shape index (κ3) is 2.54. The number of halogens is 1. The monoisotopic (exact) mass is 286 g/mol. The van der Waals surface area contributed by atoms with Crippen molar-refractivity contribution in [3.63, 3.8) is 0 Å². The van der Waals surface area contributed by atoms with Crippen LogP contribution in [-0.4, -0.2) is 12.6 Å². The summed E-state index contributed by atoms with van der Waals surface area (Å²) in [6.07, 6.45) is 0. The maximum Gasteiger partial charge on any atom is 0.326 e. The summed E-state index contributed by atoms with van der Waals surface area (Å²) in [6, 6.07) is 11.4. The lowest BCUT2D eigenvalue weighted by atomic mass is 10.1. The van der Waals surface area contributed by atoms with Crippen molar-refractivity contribution in [3.8, 4) is 5.75 Å². The number of carbonyl (C=O) groups excluding carboxylic acids is 1. The molecule has 108 valence electrons. The van der Waals surface area contributed by atoms with E-state index in [1.165, 1.54) is 12.1 Å². The molecule has 0 spiro atoms. The summed E-state index contributed by atoms with van der Waals surface area (Å²) in [6.45, 7) is 2.71. The molecule has 2 amide bonds. The van der Waals surface area contributed by atoms with Crippen LogP contribution < -0.4 is 15.0 Å². The molecule has 0 bridgehead atoms. The minimum Gasteiger partial charge on any atom is -0.492 e. The summed E-state index contributed by atoms with van der Waals surface area (Å²) in [5.74, 6) is 0.318.